The van der Waals surface area contributed by atoms with Crippen LogP contribution in [-0.2, 0) is 25.3 Å². The number of hydrogen-bond donors (Lipinski definition) is 0. The Balaban J connectivity index is 1.56. The van der Waals surface area contributed by atoms with E-state index in [9.17, 15) is 14.4 Å². The summed E-state index contributed by atoms with van der Waals surface area (Å²) >= 11 is 1.16. The molecule has 3 aromatic heterocycles. The van der Waals surface area contributed by atoms with Crippen LogP contribution in [-0.4, -0.2) is 37.3 Å². The molecule has 0 saturated carbocycles. The zero-order valence-electron chi connectivity index (χ0n) is 17.4. The Hall–Kier alpha value is -3.66. The summed E-state index contributed by atoms with van der Waals surface area (Å²) in [5.41, 5.74) is 1.26. The summed E-state index contributed by atoms with van der Waals surface area (Å²) in [5.74, 6) is 0.658. The Bertz CT molecular complexity index is 1470. The third-order valence-corrected chi connectivity index (χ3v) is 6.49. The Morgan fingerprint density at radius 2 is 1.91 bits per heavy atom. The van der Waals surface area contributed by atoms with E-state index in [1.165, 1.54) is 17.9 Å². The second-order valence-corrected chi connectivity index (χ2v) is 8.41. The first-order valence-corrected chi connectivity index (χ1v) is 11.0. The quantitative estimate of drug-likeness (QED) is 0.347. The molecule has 0 aliphatic carbocycles. The first-order chi connectivity index (χ1) is 15.5. The molecule has 0 saturated heterocycles. The van der Waals surface area contributed by atoms with Gasteiger partial charge >= 0.3 is 5.69 Å². The Kier molecular flexibility index (Phi) is 4.93. The lowest BCUT2D eigenvalue weighted by atomic mass is 10.2. The molecule has 162 valence electrons. The number of carbonyl (C=O) groups excluding carboxylic acids is 1. The summed E-state index contributed by atoms with van der Waals surface area (Å²) in [5, 5.41) is 0.531. The maximum atomic E-state index is 13.0. The maximum absolute atomic E-state index is 13.0. The Labute approximate surface area is 186 Å². The second-order valence-electron chi connectivity index (χ2n) is 7.45. The van der Waals surface area contributed by atoms with E-state index in [0.29, 0.717) is 17.3 Å². The van der Waals surface area contributed by atoms with Crippen LogP contribution < -0.4 is 16.1 Å². The number of para-hydroxylation sites is 1. The average Bonchev–Trinajstić information content (AvgIpc) is 3.49. The third kappa shape index (κ3) is 3.23. The highest BCUT2D eigenvalue weighted by atomic mass is 32.2. The molecule has 32 heavy (non-hydrogen) atoms. The largest absolute Gasteiger partial charge is 0.461 e. The molecule has 0 fully saturated rings. The predicted molar refractivity (Wildman–Crippen MR) is 121 cm³/mol. The molecule has 10 heteroatoms. The highest BCUT2D eigenvalue weighted by Gasteiger charge is 2.25. The monoisotopic (exact) mass is 449 g/mol. The van der Waals surface area contributed by atoms with Gasteiger partial charge in [0.15, 0.2) is 17.2 Å². The number of aryl methyl sites for hydroxylation is 1. The van der Waals surface area contributed by atoms with E-state index in [4.69, 9.17) is 4.42 Å². The summed E-state index contributed by atoms with van der Waals surface area (Å²) < 4.78 is 7.73. The molecule has 4 heterocycles. The SMILES string of the molecule is Cn1c(=O)c2c(SCC(=O)N3CCc4ccccc43)nc(-c3ccco3)nc2n(C)c1=O. The van der Waals surface area contributed by atoms with E-state index in [0.717, 1.165) is 34.0 Å². The maximum Gasteiger partial charge on any atom is 0.332 e. The van der Waals surface area contributed by atoms with Gasteiger partial charge < -0.3 is 9.32 Å². The number of hydrogen-bond acceptors (Lipinski definition) is 7. The molecular formula is C22H19N5O4S. The fourth-order valence-corrected chi connectivity index (χ4v) is 4.74. The van der Waals surface area contributed by atoms with Crippen molar-refractivity contribution in [3.63, 3.8) is 0 Å². The summed E-state index contributed by atoms with van der Waals surface area (Å²) in [6.07, 6.45) is 2.31. The number of aromatic nitrogens is 4. The van der Waals surface area contributed by atoms with Crippen LogP contribution in [0.4, 0.5) is 5.69 Å². The van der Waals surface area contributed by atoms with Crippen LogP contribution in [0.1, 0.15) is 5.56 Å². The highest BCUT2D eigenvalue weighted by Crippen LogP contribution is 2.30. The molecule has 0 bridgehead atoms. The van der Waals surface area contributed by atoms with Gasteiger partial charge in [-0.1, -0.05) is 30.0 Å². The number of anilines is 1. The summed E-state index contributed by atoms with van der Waals surface area (Å²) in [7, 11) is 2.95. The van der Waals surface area contributed by atoms with E-state index in [-0.39, 0.29) is 28.5 Å². The first kappa shape index (κ1) is 20.3. The van der Waals surface area contributed by atoms with Crippen molar-refractivity contribution < 1.29 is 9.21 Å². The minimum absolute atomic E-state index is 0.0760. The predicted octanol–water partition coefficient (Wildman–Crippen LogP) is 1.97. The van der Waals surface area contributed by atoms with Crippen LogP contribution in [0.15, 0.2) is 61.7 Å². The number of carbonyl (C=O) groups is 1. The average molecular weight is 449 g/mol. The van der Waals surface area contributed by atoms with E-state index in [1.54, 1.807) is 24.1 Å². The van der Waals surface area contributed by atoms with Crippen molar-refractivity contribution >= 4 is 34.4 Å². The van der Waals surface area contributed by atoms with Crippen LogP contribution in [0.3, 0.4) is 0 Å². The Morgan fingerprint density at radius 1 is 1.09 bits per heavy atom. The fourth-order valence-electron chi connectivity index (χ4n) is 3.85. The topological polar surface area (TPSA) is 103 Å². The van der Waals surface area contributed by atoms with Gasteiger partial charge in [0.1, 0.15) is 10.4 Å². The lowest BCUT2D eigenvalue weighted by Gasteiger charge is -2.17. The zero-order chi connectivity index (χ0) is 22.4. The minimum atomic E-state index is -0.504. The second kappa shape index (κ2) is 7.79. The number of furan rings is 1. The van der Waals surface area contributed by atoms with Crippen molar-refractivity contribution in [3.8, 4) is 11.6 Å². The zero-order valence-corrected chi connectivity index (χ0v) is 18.3. The van der Waals surface area contributed by atoms with Crippen molar-refractivity contribution in [2.75, 3.05) is 17.2 Å². The van der Waals surface area contributed by atoms with Crippen molar-refractivity contribution in [1.29, 1.82) is 0 Å². The van der Waals surface area contributed by atoms with Crippen LogP contribution >= 0.6 is 11.8 Å². The molecule has 0 radical (unpaired) electrons. The molecule has 0 atom stereocenters. The van der Waals surface area contributed by atoms with E-state index >= 15 is 0 Å². The van der Waals surface area contributed by atoms with Crippen molar-refractivity contribution in [2.45, 2.75) is 11.4 Å². The van der Waals surface area contributed by atoms with Gasteiger partial charge in [0, 0.05) is 26.3 Å². The van der Waals surface area contributed by atoms with Gasteiger partial charge in [0.25, 0.3) is 5.56 Å². The fraction of sp³-hybridized carbons (Fsp3) is 0.227. The van der Waals surface area contributed by atoms with Crippen molar-refractivity contribution in [3.05, 3.63) is 69.1 Å². The number of fused-ring (bicyclic) bond motifs is 2. The van der Waals surface area contributed by atoms with Gasteiger partial charge in [-0.25, -0.2) is 14.8 Å². The van der Waals surface area contributed by atoms with Gasteiger partial charge in [-0.15, -0.1) is 0 Å². The van der Waals surface area contributed by atoms with Crippen molar-refractivity contribution in [2.24, 2.45) is 14.1 Å². The van der Waals surface area contributed by atoms with Gasteiger partial charge in [0.05, 0.1) is 12.0 Å². The standard InChI is InChI=1S/C22H19N5O4S/c1-25-19-17(21(29)26(2)22(25)30)20(24-18(23-19)15-8-5-11-31-15)32-12-16(28)27-10-9-13-6-3-4-7-14(13)27/h3-8,11H,9-10,12H2,1-2H3. The van der Waals surface area contributed by atoms with Crippen LogP contribution in [0.25, 0.3) is 22.6 Å². The molecular weight excluding hydrogens is 430 g/mol. The van der Waals surface area contributed by atoms with E-state index < -0.39 is 11.2 Å². The number of benzene rings is 1. The molecule has 1 aliphatic rings. The molecule has 0 N–H and O–H groups in total. The van der Waals surface area contributed by atoms with Crippen LogP contribution in [0.2, 0.25) is 0 Å². The lowest BCUT2D eigenvalue weighted by molar-refractivity contribution is -0.116. The molecule has 0 unspecified atom stereocenters. The summed E-state index contributed by atoms with van der Waals surface area (Å²) in [6.45, 7) is 0.622. The van der Waals surface area contributed by atoms with Gasteiger partial charge in [-0.3, -0.25) is 18.7 Å². The molecule has 1 amide bonds. The van der Waals surface area contributed by atoms with Crippen molar-refractivity contribution in [1.82, 2.24) is 19.1 Å². The van der Waals surface area contributed by atoms with E-state index in [2.05, 4.69) is 9.97 Å². The number of amides is 1. The van der Waals surface area contributed by atoms with Crippen LogP contribution in [0, 0.1) is 0 Å². The molecule has 5 rings (SSSR count). The molecule has 1 aromatic carbocycles. The number of rotatable bonds is 4. The minimum Gasteiger partial charge on any atom is -0.461 e. The molecule has 0 spiro atoms. The third-order valence-electron chi connectivity index (χ3n) is 5.53. The van der Waals surface area contributed by atoms with Crippen LogP contribution in [0.5, 0.6) is 0 Å². The Morgan fingerprint density at radius 3 is 2.69 bits per heavy atom. The normalized spacial score (nSPS) is 13.0. The highest BCUT2D eigenvalue weighted by molar-refractivity contribution is 8.00. The number of nitrogens with zero attached hydrogens (tertiary/aromatic N) is 5. The van der Waals surface area contributed by atoms with Gasteiger partial charge in [-0.05, 0) is 30.2 Å². The summed E-state index contributed by atoms with van der Waals surface area (Å²) in [4.78, 5) is 49.1. The summed E-state index contributed by atoms with van der Waals surface area (Å²) in [6, 6.07) is 11.2. The van der Waals surface area contributed by atoms with E-state index in [1.807, 2.05) is 24.3 Å². The smallest absolute Gasteiger partial charge is 0.332 e. The lowest BCUT2D eigenvalue weighted by Crippen LogP contribution is -2.37. The molecule has 4 aromatic rings. The molecule has 1 aliphatic heterocycles. The van der Waals surface area contributed by atoms with Gasteiger partial charge in [-0.2, -0.15) is 0 Å². The first-order valence-electron chi connectivity index (χ1n) is 9.98. The number of thioether (sulfide) groups is 1. The molecule has 9 nitrogen and oxygen atoms in total. The van der Waals surface area contributed by atoms with Gasteiger partial charge in [0.2, 0.25) is 5.91 Å².